The third kappa shape index (κ3) is 4.86. The van der Waals surface area contributed by atoms with Crippen LogP contribution in [0.3, 0.4) is 0 Å². The number of esters is 1. The lowest BCUT2D eigenvalue weighted by atomic mass is 10.1. The summed E-state index contributed by atoms with van der Waals surface area (Å²) in [7, 11) is 1.23. The molecule has 1 aromatic rings. The molecule has 2 N–H and O–H groups in total. The SMILES string of the molecule is CCc1cc(C(=O)NC(CCC(=O)OC)C(=O)O)sc1C. The second-order valence-corrected chi connectivity index (χ2v) is 5.78. The highest BCUT2D eigenvalue weighted by Crippen LogP contribution is 2.22. The maximum atomic E-state index is 12.1. The highest BCUT2D eigenvalue weighted by molar-refractivity contribution is 7.14. The fraction of sp³-hybridized carbons (Fsp3) is 0.500. The van der Waals surface area contributed by atoms with Crippen LogP contribution in [0, 0.1) is 6.92 Å². The van der Waals surface area contributed by atoms with Crippen molar-refractivity contribution in [2.75, 3.05) is 7.11 Å². The van der Waals surface area contributed by atoms with Gasteiger partial charge in [-0.05, 0) is 31.4 Å². The third-order valence-electron chi connectivity index (χ3n) is 3.09. The van der Waals surface area contributed by atoms with Gasteiger partial charge in [-0.3, -0.25) is 9.59 Å². The summed E-state index contributed by atoms with van der Waals surface area (Å²) in [4.78, 5) is 35.8. The highest BCUT2D eigenvalue weighted by atomic mass is 32.1. The first-order chi connectivity index (χ1) is 9.88. The monoisotopic (exact) mass is 313 g/mol. The Balaban J connectivity index is 2.71. The van der Waals surface area contributed by atoms with Gasteiger partial charge in [0, 0.05) is 11.3 Å². The number of hydrogen-bond acceptors (Lipinski definition) is 5. The molecule has 116 valence electrons. The first-order valence-electron chi connectivity index (χ1n) is 6.58. The van der Waals surface area contributed by atoms with Crippen molar-refractivity contribution in [3.63, 3.8) is 0 Å². The molecule has 1 amide bonds. The van der Waals surface area contributed by atoms with Crippen molar-refractivity contribution in [3.05, 3.63) is 21.4 Å². The standard InChI is InChI=1S/C14H19NO5S/c1-4-9-7-11(21-8(9)2)13(17)15-10(14(18)19)5-6-12(16)20-3/h7,10H,4-6H2,1-3H3,(H,15,17)(H,18,19). The number of amides is 1. The Kier molecular flexibility index (Phi) is 6.36. The molecule has 0 bridgehead atoms. The van der Waals surface area contributed by atoms with E-state index in [1.165, 1.54) is 18.4 Å². The molecule has 0 spiro atoms. The van der Waals surface area contributed by atoms with Gasteiger partial charge >= 0.3 is 11.9 Å². The predicted molar refractivity (Wildman–Crippen MR) is 78.6 cm³/mol. The molecule has 0 aromatic carbocycles. The lowest BCUT2D eigenvalue weighted by molar-refractivity contribution is -0.142. The normalized spacial score (nSPS) is 11.8. The number of aryl methyl sites for hydroxylation is 2. The molecule has 0 aliphatic heterocycles. The molecule has 0 saturated carbocycles. The van der Waals surface area contributed by atoms with Crippen LogP contribution in [0.2, 0.25) is 0 Å². The maximum absolute atomic E-state index is 12.1. The maximum Gasteiger partial charge on any atom is 0.326 e. The molecule has 1 rings (SSSR count). The smallest absolute Gasteiger partial charge is 0.326 e. The number of carbonyl (C=O) groups excluding carboxylic acids is 2. The van der Waals surface area contributed by atoms with E-state index in [9.17, 15) is 14.4 Å². The topological polar surface area (TPSA) is 92.7 Å². The van der Waals surface area contributed by atoms with E-state index in [0.717, 1.165) is 16.9 Å². The van der Waals surface area contributed by atoms with Crippen LogP contribution in [0.15, 0.2) is 6.07 Å². The molecule has 1 heterocycles. The Hall–Kier alpha value is -1.89. The van der Waals surface area contributed by atoms with Gasteiger partial charge in [0.15, 0.2) is 0 Å². The van der Waals surface area contributed by atoms with Crippen LogP contribution in [-0.4, -0.2) is 36.1 Å². The van der Waals surface area contributed by atoms with Crippen LogP contribution in [0.25, 0.3) is 0 Å². The number of nitrogens with one attached hydrogen (secondary N) is 1. The van der Waals surface area contributed by atoms with Crippen molar-refractivity contribution in [2.24, 2.45) is 0 Å². The Morgan fingerprint density at radius 2 is 2.10 bits per heavy atom. The van der Waals surface area contributed by atoms with E-state index in [1.54, 1.807) is 6.07 Å². The summed E-state index contributed by atoms with van der Waals surface area (Å²) >= 11 is 1.33. The van der Waals surface area contributed by atoms with E-state index in [-0.39, 0.29) is 12.8 Å². The van der Waals surface area contributed by atoms with Crippen molar-refractivity contribution in [2.45, 2.75) is 39.2 Å². The van der Waals surface area contributed by atoms with Gasteiger partial charge in [0.2, 0.25) is 0 Å². The van der Waals surface area contributed by atoms with E-state index in [4.69, 9.17) is 5.11 Å². The third-order valence-corrected chi connectivity index (χ3v) is 4.19. The zero-order valence-corrected chi connectivity index (χ0v) is 13.1. The van der Waals surface area contributed by atoms with Gasteiger partial charge in [0.25, 0.3) is 5.91 Å². The van der Waals surface area contributed by atoms with Crippen molar-refractivity contribution in [1.29, 1.82) is 0 Å². The average Bonchev–Trinajstić information content (AvgIpc) is 2.83. The minimum absolute atomic E-state index is 0.00125. The average molecular weight is 313 g/mol. The predicted octanol–water partition coefficient (Wildman–Crippen LogP) is 1.76. The molecule has 0 saturated heterocycles. The Labute approximate surface area is 127 Å². The van der Waals surface area contributed by atoms with E-state index in [0.29, 0.717) is 4.88 Å². The molecule has 0 aliphatic carbocycles. The number of ether oxygens (including phenoxy) is 1. The molecule has 0 fully saturated rings. The summed E-state index contributed by atoms with van der Waals surface area (Å²) in [5.41, 5.74) is 1.08. The second kappa shape index (κ2) is 7.78. The molecule has 21 heavy (non-hydrogen) atoms. The summed E-state index contributed by atoms with van der Waals surface area (Å²) in [6.07, 6.45) is 0.760. The van der Waals surface area contributed by atoms with Gasteiger partial charge in [0.05, 0.1) is 12.0 Å². The molecular weight excluding hydrogens is 294 g/mol. The largest absolute Gasteiger partial charge is 0.480 e. The van der Waals surface area contributed by atoms with Gasteiger partial charge in [-0.1, -0.05) is 6.92 Å². The zero-order chi connectivity index (χ0) is 16.0. The van der Waals surface area contributed by atoms with Crippen LogP contribution < -0.4 is 5.32 Å². The first-order valence-corrected chi connectivity index (χ1v) is 7.40. The molecule has 1 unspecified atom stereocenters. The number of carboxylic acid groups (broad SMARTS) is 1. The minimum atomic E-state index is -1.17. The zero-order valence-electron chi connectivity index (χ0n) is 12.3. The first kappa shape index (κ1) is 17.2. The molecule has 1 atom stereocenters. The van der Waals surface area contributed by atoms with Gasteiger partial charge in [0.1, 0.15) is 6.04 Å². The van der Waals surface area contributed by atoms with Crippen molar-refractivity contribution in [3.8, 4) is 0 Å². The Morgan fingerprint density at radius 3 is 2.57 bits per heavy atom. The molecular formula is C14H19NO5S. The lowest BCUT2D eigenvalue weighted by Gasteiger charge is -2.13. The highest BCUT2D eigenvalue weighted by Gasteiger charge is 2.23. The second-order valence-electron chi connectivity index (χ2n) is 4.52. The summed E-state index contributed by atoms with van der Waals surface area (Å²) in [5.74, 6) is -2.10. The van der Waals surface area contributed by atoms with Crippen molar-refractivity contribution < 1.29 is 24.2 Å². The van der Waals surface area contributed by atoms with Crippen LogP contribution in [0.4, 0.5) is 0 Å². The van der Waals surface area contributed by atoms with Crippen molar-refractivity contribution >= 4 is 29.2 Å². The minimum Gasteiger partial charge on any atom is -0.480 e. The number of hydrogen-bond donors (Lipinski definition) is 2. The van der Waals surface area contributed by atoms with E-state index in [1.807, 2.05) is 13.8 Å². The molecule has 0 aliphatic rings. The quantitative estimate of drug-likeness (QED) is 0.748. The summed E-state index contributed by atoms with van der Waals surface area (Å²) < 4.78 is 4.46. The number of methoxy groups -OCH3 is 1. The molecule has 7 heteroatoms. The summed E-state index contributed by atoms with van der Waals surface area (Å²) in [6.45, 7) is 3.92. The van der Waals surface area contributed by atoms with E-state index < -0.39 is 23.9 Å². The number of rotatable bonds is 7. The van der Waals surface area contributed by atoms with E-state index >= 15 is 0 Å². The van der Waals surface area contributed by atoms with Crippen LogP contribution in [0.5, 0.6) is 0 Å². The summed E-state index contributed by atoms with van der Waals surface area (Å²) in [6, 6.07) is 0.665. The lowest BCUT2D eigenvalue weighted by Crippen LogP contribution is -2.40. The van der Waals surface area contributed by atoms with Gasteiger partial charge in [-0.2, -0.15) is 0 Å². The number of carbonyl (C=O) groups is 3. The summed E-state index contributed by atoms with van der Waals surface area (Å²) in [5, 5.41) is 11.5. The molecule has 1 aromatic heterocycles. The number of aliphatic carboxylic acids is 1. The molecule has 6 nitrogen and oxygen atoms in total. The van der Waals surface area contributed by atoms with Gasteiger partial charge in [-0.15, -0.1) is 11.3 Å². The number of carboxylic acids is 1. The fourth-order valence-corrected chi connectivity index (χ4v) is 2.85. The van der Waals surface area contributed by atoms with Gasteiger partial charge < -0.3 is 15.2 Å². The van der Waals surface area contributed by atoms with Crippen LogP contribution >= 0.6 is 11.3 Å². The number of thiophene rings is 1. The Bertz CT molecular complexity index is 537. The molecule has 0 radical (unpaired) electrons. The fourth-order valence-electron chi connectivity index (χ4n) is 1.83. The van der Waals surface area contributed by atoms with Crippen molar-refractivity contribution in [1.82, 2.24) is 5.32 Å². The van der Waals surface area contributed by atoms with Gasteiger partial charge in [-0.25, -0.2) is 4.79 Å². The van der Waals surface area contributed by atoms with Crippen LogP contribution in [-0.2, 0) is 20.7 Å². The van der Waals surface area contributed by atoms with Crippen LogP contribution in [0.1, 0.15) is 39.9 Å². The van der Waals surface area contributed by atoms with E-state index in [2.05, 4.69) is 10.1 Å². The Morgan fingerprint density at radius 1 is 1.43 bits per heavy atom.